The van der Waals surface area contributed by atoms with Crippen molar-refractivity contribution < 1.29 is 22.7 Å². The number of carbonyl (C=O) groups is 2. The van der Waals surface area contributed by atoms with Gasteiger partial charge < -0.3 is 4.74 Å². The van der Waals surface area contributed by atoms with Gasteiger partial charge in [-0.15, -0.1) is 0 Å². The molecule has 0 saturated carbocycles. The van der Waals surface area contributed by atoms with E-state index in [1.807, 2.05) is 0 Å². The summed E-state index contributed by atoms with van der Waals surface area (Å²) in [5.74, 6) is -2.74. The highest BCUT2D eigenvalue weighted by Gasteiger charge is 2.20. The van der Waals surface area contributed by atoms with Crippen LogP contribution in [0.25, 0.3) is 0 Å². The van der Waals surface area contributed by atoms with E-state index in [2.05, 4.69) is 4.74 Å². The summed E-state index contributed by atoms with van der Waals surface area (Å²) in [7, 11) is -3.73. The van der Waals surface area contributed by atoms with Crippen molar-refractivity contribution in [2.75, 3.05) is 5.75 Å². The van der Waals surface area contributed by atoms with Gasteiger partial charge in [-0.05, 0) is 12.1 Å². The summed E-state index contributed by atoms with van der Waals surface area (Å²) in [6.45, 7) is 1.03. The van der Waals surface area contributed by atoms with E-state index < -0.39 is 27.5 Å². The first-order valence-electron chi connectivity index (χ1n) is 4.41. The van der Waals surface area contributed by atoms with Crippen LogP contribution in [-0.2, 0) is 24.2 Å². The zero-order valence-electron chi connectivity index (χ0n) is 8.54. The highest BCUT2D eigenvalue weighted by molar-refractivity contribution is 7.92. The van der Waals surface area contributed by atoms with E-state index in [0.717, 1.165) is 6.92 Å². The maximum absolute atomic E-state index is 11.6. The Morgan fingerprint density at radius 3 is 2.25 bits per heavy atom. The van der Waals surface area contributed by atoms with Crippen molar-refractivity contribution in [1.82, 2.24) is 0 Å². The molecule has 86 valence electrons. The maximum Gasteiger partial charge on any atom is 0.329 e. The van der Waals surface area contributed by atoms with Gasteiger partial charge in [-0.1, -0.05) is 18.2 Å². The summed E-state index contributed by atoms with van der Waals surface area (Å²) in [6, 6.07) is 7.49. The summed E-state index contributed by atoms with van der Waals surface area (Å²) in [4.78, 5) is 21.5. The van der Waals surface area contributed by atoms with Crippen molar-refractivity contribution in [3.8, 4) is 0 Å². The molecule has 0 radical (unpaired) electrons. The second-order valence-electron chi connectivity index (χ2n) is 3.04. The van der Waals surface area contributed by atoms with Gasteiger partial charge in [-0.25, -0.2) is 8.42 Å². The van der Waals surface area contributed by atoms with Crippen LogP contribution in [0.4, 0.5) is 0 Å². The maximum atomic E-state index is 11.6. The summed E-state index contributed by atoms with van der Waals surface area (Å²) in [5.41, 5.74) is 0. The van der Waals surface area contributed by atoms with Gasteiger partial charge in [0.25, 0.3) is 0 Å². The molecule has 1 aromatic rings. The predicted molar refractivity (Wildman–Crippen MR) is 55.3 cm³/mol. The molecule has 0 amide bonds. The molecule has 0 spiro atoms. The summed E-state index contributed by atoms with van der Waals surface area (Å²) in [5, 5.41) is 0. The van der Waals surface area contributed by atoms with Crippen LogP contribution in [0.1, 0.15) is 6.92 Å². The smallest absolute Gasteiger partial charge is 0.329 e. The van der Waals surface area contributed by atoms with Crippen LogP contribution in [0.3, 0.4) is 0 Å². The Kier molecular flexibility index (Phi) is 3.78. The molecule has 0 heterocycles. The van der Waals surface area contributed by atoms with E-state index >= 15 is 0 Å². The van der Waals surface area contributed by atoms with Crippen molar-refractivity contribution in [1.29, 1.82) is 0 Å². The van der Waals surface area contributed by atoms with Crippen LogP contribution in [0.5, 0.6) is 0 Å². The van der Waals surface area contributed by atoms with Gasteiger partial charge in [-0.3, -0.25) is 9.59 Å². The lowest BCUT2D eigenvalue weighted by atomic mass is 10.4. The summed E-state index contributed by atoms with van der Waals surface area (Å²) >= 11 is 0. The fraction of sp³-hybridized carbons (Fsp3) is 0.200. The van der Waals surface area contributed by atoms with E-state index in [9.17, 15) is 18.0 Å². The van der Waals surface area contributed by atoms with Gasteiger partial charge in [0, 0.05) is 6.92 Å². The molecule has 0 atom stereocenters. The molecule has 0 aromatic heterocycles. The molecule has 0 aliphatic heterocycles. The minimum absolute atomic E-state index is 0.0236. The molecule has 0 N–H and O–H groups in total. The SMILES string of the molecule is CC(=O)OC(=O)CS(=O)(=O)c1ccccc1. The zero-order chi connectivity index (χ0) is 12.2. The standard InChI is InChI=1S/C10H10O5S/c1-8(11)15-10(12)7-16(13,14)9-5-3-2-4-6-9/h2-6H,7H2,1H3. The van der Waals surface area contributed by atoms with Gasteiger partial charge in [-0.2, -0.15) is 0 Å². The first kappa shape index (κ1) is 12.4. The Morgan fingerprint density at radius 1 is 1.19 bits per heavy atom. The number of carbonyl (C=O) groups excluding carboxylic acids is 2. The normalized spacial score (nSPS) is 10.8. The summed E-state index contributed by atoms with van der Waals surface area (Å²) in [6.07, 6.45) is 0. The highest BCUT2D eigenvalue weighted by Crippen LogP contribution is 2.10. The molecule has 1 rings (SSSR count). The molecule has 0 saturated heterocycles. The van der Waals surface area contributed by atoms with Crippen molar-refractivity contribution in [2.24, 2.45) is 0 Å². The quantitative estimate of drug-likeness (QED) is 0.571. The Labute approximate surface area is 93.0 Å². The van der Waals surface area contributed by atoms with Crippen LogP contribution in [0.2, 0.25) is 0 Å². The highest BCUT2D eigenvalue weighted by atomic mass is 32.2. The third kappa shape index (κ3) is 3.47. The second kappa shape index (κ2) is 4.89. The molecular weight excluding hydrogens is 232 g/mol. The van der Waals surface area contributed by atoms with E-state index in [-0.39, 0.29) is 4.90 Å². The fourth-order valence-electron chi connectivity index (χ4n) is 1.06. The number of ether oxygens (including phenoxy) is 1. The molecule has 0 aliphatic carbocycles. The van der Waals surface area contributed by atoms with Crippen LogP contribution in [-0.4, -0.2) is 26.1 Å². The van der Waals surface area contributed by atoms with E-state index in [4.69, 9.17) is 0 Å². The van der Waals surface area contributed by atoms with Crippen LogP contribution in [0, 0.1) is 0 Å². The first-order chi connectivity index (χ1) is 7.42. The minimum atomic E-state index is -3.73. The van der Waals surface area contributed by atoms with E-state index in [0.29, 0.717) is 0 Å². The minimum Gasteiger partial charge on any atom is -0.393 e. The lowest BCUT2D eigenvalue weighted by Gasteiger charge is -2.02. The van der Waals surface area contributed by atoms with Crippen molar-refractivity contribution >= 4 is 21.8 Å². The molecule has 0 fully saturated rings. The number of sulfone groups is 1. The average Bonchev–Trinajstić information content (AvgIpc) is 2.16. The fourth-order valence-corrected chi connectivity index (χ4v) is 2.16. The Morgan fingerprint density at radius 2 is 1.75 bits per heavy atom. The van der Waals surface area contributed by atoms with Crippen LogP contribution < -0.4 is 0 Å². The molecule has 0 bridgehead atoms. The van der Waals surface area contributed by atoms with Crippen molar-refractivity contribution in [3.05, 3.63) is 30.3 Å². The van der Waals surface area contributed by atoms with Gasteiger partial charge >= 0.3 is 11.9 Å². The Balaban J connectivity index is 2.81. The lowest BCUT2D eigenvalue weighted by Crippen LogP contribution is -2.20. The topological polar surface area (TPSA) is 77.5 Å². The number of hydrogen-bond donors (Lipinski definition) is 0. The largest absolute Gasteiger partial charge is 0.393 e. The van der Waals surface area contributed by atoms with Gasteiger partial charge in [0.15, 0.2) is 15.6 Å². The summed E-state index contributed by atoms with van der Waals surface area (Å²) < 4.78 is 27.4. The number of benzene rings is 1. The first-order valence-corrected chi connectivity index (χ1v) is 6.06. The number of rotatable bonds is 3. The lowest BCUT2D eigenvalue weighted by molar-refractivity contribution is -0.156. The molecule has 0 unspecified atom stereocenters. The molecule has 5 nitrogen and oxygen atoms in total. The molecular formula is C10H10O5S. The van der Waals surface area contributed by atoms with Crippen LogP contribution >= 0.6 is 0 Å². The molecule has 16 heavy (non-hydrogen) atoms. The predicted octanol–water partition coefficient (Wildman–Crippen LogP) is 0.550. The number of hydrogen-bond acceptors (Lipinski definition) is 5. The third-order valence-corrected chi connectivity index (χ3v) is 3.27. The third-order valence-electron chi connectivity index (χ3n) is 1.67. The van der Waals surface area contributed by atoms with Crippen molar-refractivity contribution in [3.63, 3.8) is 0 Å². The van der Waals surface area contributed by atoms with Gasteiger partial charge in [0.2, 0.25) is 0 Å². The Bertz CT molecular complexity index is 489. The van der Waals surface area contributed by atoms with Crippen molar-refractivity contribution in [2.45, 2.75) is 11.8 Å². The van der Waals surface area contributed by atoms with Gasteiger partial charge in [0.1, 0.15) is 0 Å². The molecule has 0 aliphatic rings. The van der Waals surface area contributed by atoms with Crippen LogP contribution in [0.15, 0.2) is 35.2 Å². The molecule has 1 aromatic carbocycles. The Hall–Kier alpha value is -1.69. The van der Waals surface area contributed by atoms with E-state index in [1.54, 1.807) is 18.2 Å². The second-order valence-corrected chi connectivity index (χ2v) is 5.03. The van der Waals surface area contributed by atoms with E-state index in [1.165, 1.54) is 12.1 Å². The number of esters is 2. The monoisotopic (exact) mass is 242 g/mol. The molecule has 6 heteroatoms. The average molecular weight is 242 g/mol. The zero-order valence-corrected chi connectivity index (χ0v) is 9.36. The van der Waals surface area contributed by atoms with Gasteiger partial charge in [0.05, 0.1) is 4.90 Å².